The van der Waals surface area contributed by atoms with E-state index in [1.165, 1.54) is 0 Å². The first-order valence-corrected chi connectivity index (χ1v) is 7.05. The van der Waals surface area contributed by atoms with Gasteiger partial charge in [-0.2, -0.15) is 0 Å². The van der Waals surface area contributed by atoms with Gasteiger partial charge in [-0.1, -0.05) is 38.8 Å². The van der Waals surface area contributed by atoms with Crippen LogP contribution in [0.25, 0.3) is 0 Å². The SMILES string of the molecule is CCOc1ccccc1C(=O)COCC(CC)CC. The van der Waals surface area contributed by atoms with Crippen LogP contribution in [0.4, 0.5) is 0 Å². The van der Waals surface area contributed by atoms with E-state index in [9.17, 15) is 4.79 Å². The fourth-order valence-corrected chi connectivity index (χ4v) is 1.90. The van der Waals surface area contributed by atoms with E-state index in [1.54, 1.807) is 6.07 Å². The number of hydrogen-bond donors (Lipinski definition) is 0. The fraction of sp³-hybridized carbons (Fsp3) is 0.562. The molecule has 0 unspecified atom stereocenters. The van der Waals surface area contributed by atoms with Gasteiger partial charge in [-0.25, -0.2) is 0 Å². The minimum absolute atomic E-state index is 0.0185. The van der Waals surface area contributed by atoms with Crippen molar-refractivity contribution in [1.82, 2.24) is 0 Å². The first kappa shape index (κ1) is 15.7. The number of ether oxygens (including phenoxy) is 2. The van der Waals surface area contributed by atoms with E-state index >= 15 is 0 Å². The molecule has 1 aromatic rings. The Morgan fingerprint density at radius 3 is 2.47 bits per heavy atom. The van der Waals surface area contributed by atoms with Crippen molar-refractivity contribution in [3.63, 3.8) is 0 Å². The van der Waals surface area contributed by atoms with Gasteiger partial charge < -0.3 is 9.47 Å². The highest BCUT2D eigenvalue weighted by Crippen LogP contribution is 2.18. The second kappa shape index (κ2) is 8.70. The number of carbonyl (C=O) groups excluding carboxylic acids is 1. The van der Waals surface area contributed by atoms with Crippen molar-refractivity contribution in [2.45, 2.75) is 33.6 Å². The number of hydrogen-bond acceptors (Lipinski definition) is 3. The Kier molecular flexibility index (Phi) is 7.19. The average molecular weight is 264 g/mol. The highest BCUT2D eigenvalue weighted by Gasteiger charge is 2.13. The summed E-state index contributed by atoms with van der Waals surface area (Å²) in [6.07, 6.45) is 2.17. The normalized spacial score (nSPS) is 10.7. The third-order valence-electron chi connectivity index (χ3n) is 3.23. The summed E-state index contributed by atoms with van der Waals surface area (Å²) in [6.45, 7) is 7.52. The first-order valence-electron chi connectivity index (χ1n) is 7.05. The van der Waals surface area contributed by atoms with Crippen molar-refractivity contribution in [2.75, 3.05) is 19.8 Å². The van der Waals surface area contributed by atoms with Gasteiger partial charge in [-0.15, -0.1) is 0 Å². The van der Waals surface area contributed by atoms with E-state index in [1.807, 2.05) is 25.1 Å². The number of para-hydroxylation sites is 1. The van der Waals surface area contributed by atoms with Crippen LogP contribution in [0.5, 0.6) is 5.75 Å². The molecule has 0 aliphatic carbocycles. The molecule has 0 heterocycles. The van der Waals surface area contributed by atoms with Gasteiger partial charge in [0.25, 0.3) is 0 Å². The molecule has 1 rings (SSSR count). The molecule has 19 heavy (non-hydrogen) atoms. The van der Waals surface area contributed by atoms with Crippen molar-refractivity contribution in [3.8, 4) is 5.75 Å². The highest BCUT2D eigenvalue weighted by molar-refractivity contribution is 5.99. The van der Waals surface area contributed by atoms with Crippen LogP contribution in [0.1, 0.15) is 44.0 Å². The van der Waals surface area contributed by atoms with E-state index in [0.29, 0.717) is 30.4 Å². The zero-order valence-electron chi connectivity index (χ0n) is 12.1. The molecule has 3 nitrogen and oxygen atoms in total. The third kappa shape index (κ3) is 5.03. The summed E-state index contributed by atoms with van der Waals surface area (Å²) in [5.41, 5.74) is 0.605. The topological polar surface area (TPSA) is 35.5 Å². The Bertz CT molecular complexity index is 383. The van der Waals surface area contributed by atoms with E-state index in [-0.39, 0.29) is 12.4 Å². The predicted octanol–water partition coefficient (Wildman–Crippen LogP) is 3.72. The molecule has 0 N–H and O–H groups in total. The van der Waals surface area contributed by atoms with Crippen molar-refractivity contribution >= 4 is 5.78 Å². The van der Waals surface area contributed by atoms with Gasteiger partial charge >= 0.3 is 0 Å². The fourth-order valence-electron chi connectivity index (χ4n) is 1.90. The molecule has 0 atom stereocenters. The van der Waals surface area contributed by atoms with E-state index in [0.717, 1.165) is 12.8 Å². The van der Waals surface area contributed by atoms with Crippen LogP contribution in [0.15, 0.2) is 24.3 Å². The maximum absolute atomic E-state index is 12.1. The second-order valence-electron chi connectivity index (χ2n) is 4.55. The molecule has 0 saturated heterocycles. The molecule has 0 aliphatic rings. The van der Waals surface area contributed by atoms with Crippen LogP contribution in [0, 0.1) is 5.92 Å². The van der Waals surface area contributed by atoms with Crippen molar-refractivity contribution < 1.29 is 14.3 Å². The Morgan fingerprint density at radius 1 is 1.16 bits per heavy atom. The molecule has 0 aromatic heterocycles. The first-order chi connectivity index (χ1) is 9.22. The van der Waals surface area contributed by atoms with Crippen LogP contribution in [0.2, 0.25) is 0 Å². The van der Waals surface area contributed by atoms with E-state index in [2.05, 4.69) is 13.8 Å². The van der Waals surface area contributed by atoms with E-state index < -0.39 is 0 Å². The minimum Gasteiger partial charge on any atom is -0.493 e. The number of benzene rings is 1. The summed E-state index contributed by atoms with van der Waals surface area (Å²) in [5.74, 6) is 1.16. The van der Waals surface area contributed by atoms with Gasteiger partial charge in [0.2, 0.25) is 0 Å². The number of Topliss-reactive ketones (excluding diaryl/α,β-unsaturated/α-hetero) is 1. The zero-order valence-corrected chi connectivity index (χ0v) is 12.1. The number of rotatable bonds is 9. The maximum atomic E-state index is 12.1. The second-order valence-corrected chi connectivity index (χ2v) is 4.55. The average Bonchev–Trinajstić information content (AvgIpc) is 2.44. The molecule has 0 saturated carbocycles. The molecule has 0 spiro atoms. The molecular formula is C16H24O3. The lowest BCUT2D eigenvalue weighted by atomic mass is 10.1. The van der Waals surface area contributed by atoms with Crippen molar-refractivity contribution in [1.29, 1.82) is 0 Å². The van der Waals surface area contributed by atoms with Gasteiger partial charge in [0.05, 0.1) is 12.2 Å². The van der Waals surface area contributed by atoms with E-state index in [4.69, 9.17) is 9.47 Å². The number of carbonyl (C=O) groups is 1. The Hall–Kier alpha value is -1.35. The lowest BCUT2D eigenvalue weighted by molar-refractivity contribution is 0.0663. The van der Waals surface area contributed by atoms with Gasteiger partial charge in [0.15, 0.2) is 5.78 Å². The van der Waals surface area contributed by atoms with Gasteiger partial charge in [-0.3, -0.25) is 4.79 Å². The van der Waals surface area contributed by atoms with Crippen molar-refractivity contribution in [3.05, 3.63) is 29.8 Å². The van der Waals surface area contributed by atoms with Crippen LogP contribution >= 0.6 is 0 Å². The van der Waals surface area contributed by atoms with Crippen LogP contribution in [-0.4, -0.2) is 25.6 Å². The van der Waals surface area contributed by atoms with Crippen LogP contribution < -0.4 is 4.74 Å². The molecule has 1 aromatic carbocycles. The van der Waals surface area contributed by atoms with Crippen molar-refractivity contribution in [2.24, 2.45) is 5.92 Å². The van der Waals surface area contributed by atoms with Crippen LogP contribution in [0.3, 0.4) is 0 Å². The van der Waals surface area contributed by atoms with Gasteiger partial charge in [0, 0.05) is 6.61 Å². The highest BCUT2D eigenvalue weighted by atomic mass is 16.5. The molecular weight excluding hydrogens is 240 g/mol. The summed E-state index contributed by atoms with van der Waals surface area (Å²) in [4.78, 5) is 12.1. The summed E-state index contributed by atoms with van der Waals surface area (Å²) < 4.78 is 11.0. The molecule has 0 radical (unpaired) electrons. The lowest BCUT2D eigenvalue weighted by Gasteiger charge is -2.13. The summed E-state index contributed by atoms with van der Waals surface area (Å²) >= 11 is 0. The summed E-state index contributed by atoms with van der Waals surface area (Å²) in [7, 11) is 0. The Morgan fingerprint density at radius 2 is 1.84 bits per heavy atom. The summed E-state index contributed by atoms with van der Waals surface area (Å²) in [5, 5.41) is 0. The smallest absolute Gasteiger partial charge is 0.192 e. The molecule has 0 amide bonds. The largest absolute Gasteiger partial charge is 0.493 e. The monoisotopic (exact) mass is 264 g/mol. The Balaban J connectivity index is 2.53. The molecule has 0 fully saturated rings. The Labute approximate surface area is 115 Å². The minimum atomic E-state index is -0.0185. The predicted molar refractivity (Wildman–Crippen MR) is 76.8 cm³/mol. The maximum Gasteiger partial charge on any atom is 0.192 e. The molecule has 106 valence electrons. The third-order valence-corrected chi connectivity index (χ3v) is 3.23. The standard InChI is InChI=1S/C16H24O3/c1-4-13(5-2)11-18-12-15(17)14-9-7-8-10-16(14)19-6-3/h7-10,13H,4-6,11-12H2,1-3H3. The molecule has 3 heteroatoms. The zero-order chi connectivity index (χ0) is 14.1. The lowest BCUT2D eigenvalue weighted by Crippen LogP contribution is -2.15. The summed E-state index contributed by atoms with van der Waals surface area (Å²) in [6, 6.07) is 7.31. The van der Waals surface area contributed by atoms with Gasteiger partial charge in [-0.05, 0) is 25.0 Å². The molecule has 0 aliphatic heterocycles. The number of ketones is 1. The molecule has 0 bridgehead atoms. The quantitative estimate of drug-likeness (QED) is 0.638. The van der Waals surface area contributed by atoms with Crippen LogP contribution in [-0.2, 0) is 4.74 Å². The van der Waals surface area contributed by atoms with Gasteiger partial charge in [0.1, 0.15) is 12.4 Å².